The number of aliphatic carboxylic acids is 1. The lowest BCUT2D eigenvalue weighted by atomic mass is 9.86. The van der Waals surface area contributed by atoms with E-state index in [0.29, 0.717) is 5.92 Å². The predicted molar refractivity (Wildman–Crippen MR) is 62.1 cm³/mol. The standard InChI is InChI=1S/C13H17NO2/c1-2-11-9-14(12(11)13(15)16)8-10-6-4-3-5-7-10/h3-7,11-12H,2,8-9H2,1H3,(H,15,16)/t11-,12?/m0/s1. The molecule has 1 aliphatic heterocycles. The monoisotopic (exact) mass is 219 g/mol. The third-order valence-corrected chi connectivity index (χ3v) is 3.31. The molecule has 86 valence electrons. The second kappa shape index (κ2) is 4.66. The second-order valence-electron chi connectivity index (χ2n) is 4.37. The highest BCUT2D eigenvalue weighted by Crippen LogP contribution is 2.29. The normalized spacial score (nSPS) is 25.1. The largest absolute Gasteiger partial charge is 0.480 e. The molecule has 2 rings (SSSR count). The van der Waals surface area contributed by atoms with Crippen LogP contribution in [0.1, 0.15) is 18.9 Å². The average Bonchev–Trinajstić information content (AvgIpc) is 2.24. The van der Waals surface area contributed by atoms with Crippen molar-refractivity contribution in [3.63, 3.8) is 0 Å². The first-order valence-corrected chi connectivity index (χ1v) is 5.73. The van der Waals surface area contributed by atoms with E-state index in [0.717, 1.165) is 19.5 Å². The number of carboxylic acid groups (broad SMARTS) is 1. The summed E-state index contributed by atoms with van der Waals surface area (Å²) < 4.78 is 0. The summed E-state index contributed by atoms with van der Waals surface area (Å²) in [5, 5.41) is 9.14. The van der Waals surface area contributed by atoms with Crippen LogP contribution in [0.5, 0.6) is 0 Å². The molecule has 16 heavy (non-hydrogen) atoms. The van der Waals surface area contributed by atoms with Crippen molar-refractivity contribution in [2.45, 2.75) is 25.9 Å². The minimum Gasteiger partial charge on any atom is -0.480 e. The van der Waals surface area contributed by atoms with E-state index in [1.54, 1.807) is 0 Å². The van der Waals surface area contributed by atoms with E-state index in [2.05, 4.69) is 6.92 Å². The van der Waals surface area contributed by atoms with Crippen molar-refractivity contribution in [2.24, 2.45) is 5.92 Å². The van der Waals surface area contributed by atoms with Gasteiger partial charge in [-0.3, -0.25) is 9.69 Å². The summed E-state index contributed by atoms with van der Waals surface area (Å²) in [5.41, 5.74) is 1.18. The van der Waals surface area contributed by atoms with Crippen LogP contribution in [-0.2, 0) is 11.3 Å². The Morgan fingerprint density at radius 3 is 2.69 bits per heavy atom. The molecule has 0 spiro atoms. The van der Waals surface area contributed by atoms with Crippen molar-refractivity contribution in [3.8, 4) is 0 Å². The lowest BCUT2D eigenvalue weighted by Gasteiger charge is -2.45. The number of carbonyl (C=O) groups is 1. The van der Waals surface area contributed by atoms with Gasteiger partial charge in [0.2, 0.25) is 0 Å². The van der Waals surface area contributed by atoms with Gasteiger partial charge in [-0.25, -0.2) is 0 Å². The van der Waals surface area contributed by atoms with Crippen LogP contribution in [0.3, 0.4) is 0 Å². The van der Waals surface area contributed by atoms with Crippen LogP contribution in [0.15, 0.2) is 30.3 Å². The minimum absolute atomic E-state index is 0.287. The van der Waals surface area contributed by atoms with Gasteiger partial charge in [0.25, 0.3) is 0 Å². The first-order chi connectivity index (χ1) is 7.72. The van der Waals surface area contributed by atoms with Gasteiger partial charge in [-0.05, 0) is 11.5 Å². The molecular formula is C13H17NO2. The quantitative estimate of drug-likeness (QED) is 0.841. The van der Waals surface area contributed by atoms with E-state index in [1.807, 2.05) is 35.2 Å². The molecule has 0 amide bonds. The van der Waals surface area contributed by atoms with E-state index in [1.165, 1.54) is 5.56 Å². The summed E-state index contributed by atoms with van der Waals surface area (Å²) in [4.78, 5) is 13.1. The van der Waals surface area contributed by atoms with Crippen LogP contribution in [0.4, 0.5) is 0 Å². The molecule has 3 heteroatoms. The maximum Gasteiger partial charge on any atom is 0.321 e. The fourth-order valence-electron chi connectivity index (χ4n) is 2.37. The maximum atomic E-state index is 11.1. The number of benzene rings is 1. The summed E-state index contributed by atoms with van der Waals surface area (Å²) in [6, 6.07) is 9.74. The van der Waals surface area contributed by atoms with Crippen LogP contribution in [-0.4, -0.2) is 28.6 Å². The Bertz CT molecular complexity index is 363. The molecule has 1 saturated heterocycles. The van der Waals surface area contributed by atoms with Gasteiger partial charge < -0.3 is 5.11 Å². The van der Waals surface area contributed by atoms with Gasteiger partial charge in [0, 0.05) is 13.1 Å². The molecular weight excluding hydrogens is 202 g/mol. The van der Waals surface area contributed by atoms with Gasteiger partial charge in [-0.1, -0.05) is 43.7 Å². The van der Waals surface area contributed by atoms with Crippen molar-refractivity contribution < 1.29 is 9.90 Å². The Balaban J connectivity index is 1.99. The van der Waals surface area contributed by atoms with Crippen LogP contribution >= 0.6 is 0 Å². The molecule has 3 nitrogen and oxygen atoms in total. The van der Waals surface area contributed by atoms with E-state index < -0.39 is 5.97 Å². The highest BCUT2D eigenvalue weighted by molar-refractivity contribution is 5.75. The molecule has 0 bridgehead atoms. The lowest BCUT2D eigenvalue weighted by molar-refractivity contribution is -0.154. The summed E-state index contributed by atoms with van der Waals surface area (Å²) >= 11 is 0. The molecule has 0 saturated carbocycles. The molecule has 0 aromatic heterocycles. The molecule has 0 aliphatic carbocycles. The van der Waals surface area contributed by atoms with Gasteiger partial charge in [0.05, 0.1) is 0 Å². The summed E-state index contributed by atoms with van der Waals surface area (Å²) in [5.74, 6) is -0.366. The van der Waals surface area contributed by atoms with Crippen LogP contribution in [0, 0.1) is 5.92 Å². The van der Waals surface area contributed by atoms with E-state index in [-0.39, 0.29) is 6.04 Å². The van der Waals surface area contributed by atoms with E-state index in [4.69, 9.17) is 5.11 Å². The van der Waals surface area contributed by atoms with Gasteiger partial charge in [0.1, 0.15) is 6.04 Å². The highest BCUT2D eigenvalue weighted by Gasteiger charge is 2.42. The Labute approximate surface area is 95.7 Å². The maximum absolute atomic E-state index is 11.1. The average molecular weight is 219 g/mol. The van der Waals surface area contributed by atoms with Crippen LogP contribution < -0.4 is 0 Å². The topological polar surface area (TPSA) is 40.5 Å². The second-order valence-corrected chi connectivity index (χ2v) is 4.37. The van der Waals surface area contributed by atoms with Gasteiger partial charge in [-0.2, -0.15) is 0 Å². The molecule has 1 aromatic carbocycles. The number of nitrogens with zero attached hydrogens (tertiary/aromatic N) is 1. The Morgan fingerprint density at radius 2 is 2.12 bits per heavy atom. The highest BCUT2D eigenvalue weighted by atomic mass is 16.4. The van der Waals surface area contributed by atoms with Crippen LogP contribution in [0.2, 0.25) is 0 Å². The van der Waals surface area contributed by atoms with Crippen molar-refractivity contribution in [1.82, 2.24) is 4.90 Å². The van der Waals surface area contributed by atoms with Crippen molar-refractivity contribution >= 4 is 5.97 Å². The SMILES string of the molecule is CC[C@H]1CN(Cc2ccccc2)C1C(=O)O. The molecule has 2 atom stereocenters. The first-order valence-electron chi connectivity index (χ1n) is 5.73. The summed E-state index contributed by atoms with van der Waals surface area (Å²) in [6.07, 6.45) is 0.947. The Morgan fingerprint density at radius 1 is 1.44 bits per heavy atom. The predicted octanol–water partition coefficient (Wildman–Crippen LogP) is 1.98. The fraction of sp³-hybridized carbons (Fsp3) is 0.462. The summed E-state index contributed by atoms with van der Waals surface area (Å²) in [7, 11) is 0. The summed E-state index contributed by atoms with van der Waals surface area (Å²) in [6.45, 7) is 3.71. The molecule has 1 unspecified atom stereocenters. The molecule has 1 N–H and O–H groups in total. The number of hydrogen-bond donors (Lipinski definition) is 1. The molecule has 1 aromatic rings. The Kier molecular flexibility index (Phi) is 3.25. The number of carboxylic acids is 1. The molecule has 1 fully saturated rings. The Hall–Kier alpha value is -1.35. The zero-order valence-electron chi connectivity index (χ0n) is 9.47. The first kappa shape index (κ1) is 11.1. The fourth-order valence-corrected chi connectivity index (χ4v) is 2.37. The van der Waals surface area contributed by atoms with Crippen molar-refractivity contribution in [3.05, 3.63) is 35.9 Å². The van der Waals surface area contributed by atoms with Gasteiger partial charge in [-0.15, -0.1) is 0 Å². The third kappa shape index (κ3) is 2.09. The third-order valence-electron chi connectivity index (χ3n) is 3.31. The smallest absolute Gasteiger partial charge is 0.321 e. The zero-order chi connectivity index (χ0) is 11.5. The lowest BCUT2D eigenvalue weighted by Crippen LogP contribution is -2.59. The van der Waals surface area contributed by atoms with Crippen LogP contribution in [0.25, 0.3) is 0 Å². The zero-order valence-corrected chi connectivity index (χ0v) is 9.47. The number of likely N-dealkylation sites (tertiary alicyclic amines) is 1. The number of hydrogen-bond acceptors (Lipinski definition) is 2. The minimum atomic E-state index is -0.686. The van der Waals surface area contributed by atoms with Crippen molar-refractivity contribution in [1.29, 1.82) is 0 Å². The van der Waals surface area contributed by atoms with Crippen molar-refractivity contribution in [2.75, 3.05) is 6.54 Å². The van der Waals surface area contributed by atoms with Gasteiger partial charge in [0.15, 0.2) is 0 Å². The van der Waals surface area contributed by atoms with Gasteiger partial charge >= 0.3 is 5.97 Å². The molecule has 1 aliphatic rings. The molecule has 0 radical (unpaired) electrons. The van der Waals surface area contributed by atoms with E-state index in [9.17, 15) is 4.79 Å². The van der Waals surface area contributed by atoms with E-state index >= 15 is 0 Å². The number of rotatable bonds is 4. The molecule has 1 heterocycles.